The first-order chi connectivity index (χ1) is 12.3. The van der Waals surface area contributed by atoms with E-state index in [4.69, 9.17) is 9.72 Å². The van der Waals surface area contributed by atoms with E-state index in [1.807, 2.05) is 7.05 Å². The van der Waals surface area contributed by atoms with E-state index in [0.29, 0.717) is 0 Å². The van der Waals surface area contributed by atoms with E-state index in [1.54, 1.807) is 11.3 Å². The summed E-state index contributed by atoms with van der Waals surface area (Å²) in [4.78, 5) is 13.9. The summed E-state index contributed by atoms with van der Waals surface area (Å²) in [6, 6.07) is 0. The largest absolute Gasteiger partial charge is 0.379 e. The van der Waals surface area contributed by atoms with Crippen molar-refractivity contribution in [2.24, 2.45) is 4.99 Å². The normalized spacial score (nSPS) is 19.4. The molecule has 0 atom stereocenters. The van der Waals surface area contributed by atoms with Crippen molar-refractivity contribution in [2.75, 3.05) is 71.0 Å². The maximum Gasteiger partial charge on any atom is 0.191 e. The summed E-state index contributed by atoms with van der Waals surface area (Å²) in [5.41, 5.74) is 1.17. The van der Waals surface area contributed by atoms with E-state index in [2.05, 4.69) is 30.8 Å². The first-order valence-electron chi connectivity index (χ1n) is 9.29. The van der Waals surface area contributed by atoms with Crippen molar-refractivity contribution < 1.29 is 4.74 Å². The van der Waals surface area contributed by atoms with Crippen LogP contribution < -0.4 is 15.5 Å². The summed E-state index contributed by atoms with van der Waals surface area (Å²) in [6.07, 6.45) is 3.51. The van der Waals surface area contributed by atoms with Gasteiger partial charge in [0.2, 0.25) is 0 Å². The second-order valence-corrected chi connectivity index (χ2v) is 7.28. The van der Waals surface area contributed by atoms with E-state index >= 15 is 0 Å². The number of anilines is 1. The Balaban J connectivity index is 1.32. The summed E-state index contributed by atoms with van der Waals surface area (Å²) >= 11 is 1.77. The SMILES string of the molecule is CN=C(NCCc1csc(N2CCCC2)n1)NCCN1CCOCC1. The number of rotatable bonds is 7. The summed E-state index contributed by atoms with van der Waals surface area (Å²) in [5, 5.41) is 10.1. The molecule has 2 saturated heterocycles. The van der Waals surface area contributed by atoms with Gasteiger partial charge in [-0.1, -0.05) is 0 Å². The van der Waals surface area contributed by atoms with Crippen LogP contribution in [0.5, 0.6) is 0 Å². The van der Waals surface area contributed by atoms with Gasteiger partial charge in [0.1, 0.15) is 0 Å². The van der Waals surface area contributed by atoms with Crippen LogP contribution in [0.3, 0.4) is 0 Å². The fraction of sp³-hybridized carbons (Fsp3) is 0.765. The van der Waals surface area contributed by atoms with Gasteiger partial charge in [-0.05, 0) is 12.8 Å². The van der Waals surface area contributed by atoms with Crippen molar-refractivity contribution in [3.63, 3.8) is 0 Å². The predicted octanol–water partition coefficient (Wildman–Crippen LogP) is 0.783. The number of aromatic nitrogens is 1. The lowest BCUT2D eigenvalue weighted by atomic mass is 10.3. The van der Waals surface area contributed by atoms with Crippen LogP contribution in [0.25, 0.3) is 0 Å². The lowest BCUT2D eigenvalue weighted by molar-refractivity contribution is 0.0389. The van der Waals surface area contributed by atoms with Crippen LogP contribution in [-0.2, 0) is 11.2 Å². The van der Waals surface area contributed by atoms with E-state index < -0.39 is 0 Å². The van der Waals surface area contributed by atoms with Crippen molar-refractivity contribution in [3.05, 3.63) is 11.1 Å². The minimum absolute atomic E-state index is 0.847. The Hall–Kier alpha value is -1.38. The molecule has 0 amide bonds. The van der Waals surface area contributed by atoms with Crippen molar-refractivity contribution in [3.8, 4) is 0 Å². The van der Waals surface area contributed by atoms with E-state index in [0.717, 1.165) is 71.4 Å². The molecule has 0 saturated carbocycles. The Labute approximate surface area is 154 Å². The van der Waals surface area contributed by atoms with Crippen LogP contribution in [-0.4, -0.2) is 81.9 Å². The third-order valence-electron chi connectivity index (χ3n) is 4.64. The molecule has 0 bridgehead atoms. The van der Waals surface area contributed by atoms with Gasteiger partial charge in [0, 0.05) is 64.7 Å². The van der Waals surface area contributed by atoms with Gasteiger partial charge in [-0.15, -0.1) is 11.3 Å². The third-order valence-corrected chi connectivity index (χ3v) is 5.59. The molecule has 0 unspecified atom stereocenters. The van der Waals surface area contributed by atoms with Crippen molar-refractivity contribution in [2.45, 2.75) is 19.3 Å². The molecule has 2 fully saturated rings. The smallest absolute Gasteiger partial charge is 0.191 e. The van der Waals surface area contributed by atoms with Crippen LogP contribution in [0.15, 0.2) is 10.4 Å². The molecular formula is C17H30N6OS. The number of thiazole rings is 1. The number of hydrogen-bond acceptors (Lipinski definition) is 6. The lowest BCUT2D eigenvalue weighted by Crippen LogP contribution is -2.44. The molecule has 0 aliphatic carbocycles. The van der Waals surface area contributed by atoms with Gasteiger partial charge >= 0.3 is 0 Å². The molecule has 2 aliphatic rings. The molecule has 0 spiro atoms. The Morgan fingerprint density at radius 1 is 1.20 bits per heavy atom. The lowest BCUT2D eigenvalue weighted by Gasteiger charge is -2.26. The van der Waals surface area contributed by atoms with E-state index in [9.17, 15) is 0 Å². The number of hydrogen-bond donors (Lipinski definition) is 2. The number of guanidine groups is 1. The minimum atomic E-state index is 0.847. The van der Waals surface area contributed by atoms with Gasteiger partial charge in [-0.2, -0.15) is 0 Å². The Kier molecular flexibility index (Phi) is 7.32. The molecule has 2 aliphatic heterocycles. The number of morpholine rings is 1. The first kappa shape index (κ1) is 18.4. The average Bonchev–Trinajstić information content (AvgIpc) is 3.33. The number of ether oxygens (including phenoxy) is 1. The molecule has 1 aromatic rings. The van der Waals surface area contributed by atoms with Crippen molar-refractivity contribution in [1.82, 2.24) is 20.5 Å². The zero-order valence-electron chi connectivity index (χ0n) is 15.2. The van der Waals surface area contributed by atoms with Gasteiger partial charge in [0.25, 0.3) is 0 Å². The summed E-state index contributed by atoms with van der Waals surface area (Å²) in [6.45, 7) is 8.83. The number of aliphatic imine (C=N–C) groups is 1. The van der Waals surface area contributed by atoms with Crippen LogP contribution in [0, 0.1) is 0 Å². The van der Waals surface area contributed by atoms with Gasteiger partial charge < -0.3 is 20.3 Å². The van der Waals surface area contributed by atoms with Crippen LogP contribution in [0.4, 0.5) is 5.13 Å². The average molecular weight is 367 g/mol. The zero-order valence-corrected chi connectivity index (χ0v) is 16.0. The first-order valence-corrected chi connectivity index (χ1v) is 10.2. The van der Waals surface area contributed by atoms with Gasteiger partial charge in [-0.3, -0.25) is 9.89 Å². The minimum Gasteiger partial charge on any atom is -0.379 e. The molecule has 2 N–H and O–H groups in total. The van der Waals surface area contributed by atoms with Crippen LogP contribution in [0.2, 0.25) is 0 Å². The predicted molar refractivity (Wildman–Crippen MR) is 104 cm³/mol. The second kappa shape index (κ2) is 9.94. The molecule has 0 aromatic carbocycles. The van der Waals surface area contributed by atoms with Gasteiger partial charge in [0.05, 0.1) is 18.9 Å². The highest BCUT2D eigenvalue weighted by atomic mass is 32.1. The summed E-state index contributed by atoms with van der Waals surface area (Å²) in [5.74, 6) is 0.864. The highest BCUT2D eigenvalue weighted by Gasteiger charge is 2.15. The van der Waals surface area contributed by atoms with Crippen molar-refractivity contribution in [1.29, 1.82) is 0 Å². The van der Waals surface area contributed by atoms with E-state index in [-0.39, 0.29) is 0 Å². The molecule has 0 radical (unpaired) electrons. The molecule has 7 nitrogen and oxygen atoms in total. The molecule has 140 valence electrons. The van der Waals surface area contributed by atoms with E-state index in [1.165, 1.54) is 23.7 Å². The molecule has 1 aromatic heterocycles. The maximum absolute atomic E-state index is 5.37. The van der Waals surface area contributed by atoms with Gasteiger partial charge in [0.15, 0.2) is 11.1 Å². The number of nitrogens with zero attached hydrogens (tertiary/aromatic N) is 4. The van der Waals surface area contributed by atoms with Gasteiger partial charge in [-0.25, -0.2) is 4.98 Å². The van der Waals surface area contributed by atoms with Crippen molar-refractivity contribution >= 4 is 22.4 Å². The molecule has 8 heteroatoms. The highest BCUT2D eigenvalue weighted by molar-refractivity contribution is 7.13. The molecule has 3 heterocycles. The fourth-order valence-electron chi connectivity index (χ4n) is 3.15. The Bertz CT molecular complexity index is 537. The Morgan fingerprint density at radius 2 is 1.96 bits per heavy atom. The van der Waals surface area contributed by atoms with Crippen LogP contribution in [0.1, 0.15) is 18.5 Å². The second-order valence-electron chi connectivity index (χ2n) is 6.45. The molecule has 25 heavy (non-hydrogen) atoms. The Morgan fingerprint density at radius 3 is 2.72 bits per heavy atom. The number of nitrogens with one attached hydrogen (secondary N) is 2. The monoisotopic (exact) mass is 366 g/mol. The zero-order chi connectivity index (χ0) is 17.3. The highest BCUT2D eigenvalue weighted by Crippen LogP contribution is 2.24. The topological polar surface area (TPSA) is 65.0 Å². The third kappa shape index (κ3) is 5.83. The molecule has 3 rings (SSSR count). The standard InChI is InChI=1S/C17H30N6OS/c1-18-16(20-6-9-22-10-12-24-13-11-22)19-5-4-15-14-25-17(21-15)23-7-2-3-8-23/h14H,2-13H2,1H3,(H2,18,19,20). The maximum atomic E-state index is 5.37. The summed E-state index contributed by atoms with van der Waals surface area (Å²) in [7, 11) is 1.82. The fourth-order valence-corrected chi connectivity index (χ4v) is 4.07. The van der Waals surface area contributed by atoms with Crippen LogP contribution >= 0.6 is 11.3 Å². The summed E-state index contributed by atoms with van der Waals surface area (Å²) < 4.78 is 5.37. The quantitative estimate of drug-likeness (QED) is 0.549. The molecular weight excluding hydrogens is 336 g/mol.